The van der Waals surface area contributed by atoms with Gasteiger partial charge in [0.1, 0.15) is 0 Å². The minimum atomic E-state index is 0. The standard InChI is InChI=1S/C15H17N3.ClH/c16-14-6-1-7-15-13(14)5-3-9-18(15)11-12-4-2-8-17-10-12;/h1-2,4,6-8,10H,3,5,9,11,16H2;1H. The van der Waals surface area contributed by atoms with Crippen LogP contribution in [0.4, 0.5) is 11.4 Å². The summed E-state index contributed by atoms with van der Waals surface area (Å²) >= 11 is 0. The fraction of sp³-hybridized carbons (Fsp3) is 0.267. The fourth-order valence-electron chi connectivity index (χ4n) is 2.60. The van der Waals surface area contributed by atoms with Crippen LogP contribution in [0.2, 0.25) is 0 Å². The number of halogens is 1. The lowest BCUT2D eigenvalue weighted by atomic mass is 9.99. The van der Waals surface area contributed by atoms with Gasteiger partial charge in [-0.2, -0.15) is 0 Å². The SMILES string of the molecule is Cl.Nc1cccc2c1CCCN2Cc1cccnc1. The molecule has 0 bridgehead atoms. The summed E-state index contributed by atoms with van der Waals surface area (Å²) in [6.07, 6.45) is 6.00. The van der Waals surface area contributed by atoms with Gasteiger partial charge in [0.05, 0.1) is 0 Å². The maximum atomic E-state index is 6.06. The Bertz CT molecular complexity index is 542. The first-order valence-corrected chi connectivity index (χ1v) is 6.36. The third kappa shape index (κ3) is 2.82. The number of anilines is 2. The van der Waals surface area contributed by atoms with Crippen molar-refractivity contribution >= 4 is 23.8 Å². The molecule has 2 aromatic rings. The number of nitrogens with zero attached hydrogens (tertiary/aromatic N) is 2. The van der Waals surface area contributed by atoms with Crippen LogP contribution < -0.4 is 10.6 Å². The maximum absolute atomic E-state index is 6.06. The van der Waals surface area contributed by atoms with Crippen molar-refractivity contribution in [2.24, 2.45) is 0 Å². The summed E-state index contributed by atoms with van der Waals surface area (Å²) in [6, 6.07) is 10.3. The number of hydrogen-bond donors (Lipinski definition) is 1. The molecule has 0 saturated heterocycles. The van der Waals surface area contributed by atoms with Crippen LogP contribution in [-0.4, -0.2) is 11.5 Å². The molecule has 2 N–H and O–H groups in total. The first-order chi connectivity index (χ1) is 8.84. The van der Waals surface area contributed by atoms with Gasteiger partial charge in [0.15, 0.2) is 0 Å². The summed E-state index contributed by atoms with van der Waals surface area (Å²) in [5.41, 5.74) is 10.8. The van der Waals surface area contributed by atoms with E-state index in [-0.39, 0.29) is 12.4 Å². The largest absolute Gasteiger partial charge is 0.398 e. The van der Waals surface area contributed by atoms with Crippen LogP contribution in [0.15, 0.2) is 42.7 Å². The van der Waals surface area contributed by atoms with E-state index in [0.29, 0.717) is 0 Å². The lowest BCUT2D eigenvalue weighted by Gasteiger charge is -2.32. The second kappa shape index (κ2) is 5.93. The van der Waals surface area contributed by atoms with E-state index in [1.807, 2.05) is 30.6 Å². The highest BCUT2D eigenvalue weighted by atomic mass is 35.5. The molecule has 2 heterocycles. The normalized spacial score (nSPS) is 13.6. The minimum Gasteiger partial charge on any atom is -0.398 e. The first kappa shape index (κ1) is 13.7. The highest BCUT2D eigenvalue weighted by molar-refractivity contribution is 5.85. The van der Waals surface area contributed by atoms with Gasteiger partial charge in [-0.05, 0) is 42.2 Å². The molecular weight excluding hydrogens is 258 g/mol. The third-order valence-electron chi connectivity index (χ3n) is 3.48. The smallest absolute Gasteiger partial charge is 0.0444 e. The number of rotatable bonds is 2. The predicted octanol–water partition coefficient (Wildman–Crippen LogP) is 3.04. The highest BCUT2D eigenvalue weighted by Crippen LogP contribution is 2.31. The Hall–Kier alpha value is -1.74. The summed E-state index contributed by atoms with van der Waals surface area (Å²) in [5, 5.41) is 0. The lowest BCUT2D eigenvalue weighted by Crippen LogP contribution is -2.29. The van der Waals surface area contributed by atoms with Crippen molar-refractivity contribution in [3.63, 3.8) is 0 Å². The molecule has 3 rings (SSSR count). The van der Waals surface area contributed by atoms with Gasteiger partial charge in [-0.3, -0.25) is 4.98 Å². The van der Waals surface area contributed by atoms with E-state index in [2.05, 4.69) is 22.0 Å². The average Bonchev–Trinajstić information content (AvgIpc) is 2.41. The Balaban J connectivity index is 0.00000133. The summed E-state index contributed by atoms with van der Waals surface area (Å²) in [5.74, 6) is 0. The topological polar surface area (TPSA) is 42.1 Å². The van der Waals surface area contributed by atoms with E-state index in [1.165, 1.54) is 23.2 Å². The monoisotopic (exact) mass is 275 g/mol. The van der Waals surface area contributed by atoms with Crippen molar-refractivity contribution < 1.29 is 0 Å². The van der Waals surface area contributed by atoms with Gasteiger partial charge in [-0.25, -0.2) is 0 Å². The molecule has 0 unspecified atom stereocenters. The van der Waals surface area contributed by atoms with Crippen molar-refractivity contribution in [1.82, 2.24) is 4.98 Å². The summed E-state index contributed by atoms with van der Waals surface area (Å²) in [6.45, 7) is 2.00. The third-order valence-corrected chi connectivity index (χ3v) is 3.48. The molecule has 100 valence electrons. The van der Waals surface area contributed by atoms with Crippen molar-refractivity contribution in [3.8, 4) is 0 Å². The van der Waals surface area contributed by atoms with Gasteiger partial charge in [0, 0.05) is 36.9 Å². The highest BCUT2D eigenvalue weighted by Gasteiger charge is 2.18. The van der Waals surface area contributed by atoms with Gasteiger partial charge < -0.3 is 10.6 Å². The van der Waals surface area contributed by atoms with E-state index in [9.17, 15) is 0 Å². The van der Waals surface area contributed by atoms with Crippen LogP contribution in [-0.2, 0) is 13.0 Å². The number of hydrogen-bond acceptors (Lipinski definition) is 3. The molecule has 4 heteroatoms. The van der Waals surface area contributed by atoms with Crippen molar-refractivity contribution in [2.75, 3.05) is 17.2 Å². The minimum absolute atomic E-state index is 0. The second-order valence-corrected chi connectivity index (χ2v) is 4.73. The molecule has 1 aliphatic rings. The number of nitrogens with two attached hydrogens (primary N) is 1. The van der Waals surface area contributed by atoms with Gasteiger partial charge in [-0.1, -0.05) is 12.1 Å². The zero-order chi connectivity index (χ0) is 12.4. The van der Waals surface area contributed by atoms with Crippen LogP contribution in [0, 0.1) is 0 Å². The quantitative estimate of drug-likeness (QED) is 0.857. The molecule has 3 nitrogen and oxygen atoms in total. The number of pyridine rings is 1. The van der Waals surface area contributed by atoms with E-state index in [4.69, 9.17) is 5.73 Å². The van der Waals surface area contributed by atoms with Crippen molar-refractivity contribution in [3.05, 3.63) is 53.9 Å². The van der Waals surface area contributed by atoms with Crippen LogP contribution in [0.3, 0.4) is 0 Å². The Labute approximate surface area is 119 Å². The van der Waals surface area contributed by atoms with Crippen LogP contribution >= 0.6 is 12.4 Å². The Kier molecular flexibility index (Phi) is 4.27. The Morgan fingerprint density at radius 3 is 2.89 bits per heavy atom. The molecule has 1 aromatic carbocycles. The van der Waals surface area contributed by atoms with Crippen molar-refractivity contribution in [1.29, 1.82) is 0 Å². The number of fused-ring (bicyclic) bond motifs is 1. The number of aromatic nitrogens is 1. The molecule has 1 aromatic heterocycles. The van der Waals surface area contributed by atoms with E-state index >= 15 is 0 Å². The molecule has 0 atom stereocenters. The van der Waals surface area contributed by atoms with Crippen LogP contribution in [0.1, 0.15) is 17.5 Å². The summed E-state index contributed by atoms with van der Waals surface area (Å²) in [7, 11) is 0. The molecule has 0 amide bonds. The fourth-order valence-corrected chi connectivity index (χ4v) is 2.60. The maximum Gasteiger partial charge on any atom is 0.0444 e. The second-order valence-electron chi connectivity index (χ2n) is 4.73. The van der Waals surface area contributed by atoms with E-state index < -0.39 is 0 Å². The predicted molar refractivity (Wildman–Crippen MR) is 81.7 cm³/mol. The molecular formula is C15H18ClN3. The van der Waals surface area contributed by atoms with E-state index in [0.717, 1.165) is 25.2 Å². The van der Waals surface area contributed by atoms with E-state index in [1.54, 1.807) is 0 Å². The average molecular weight is 276 g/mol. The van der Waals surface area contributed by atoms with Gasteiger partial charge >= 0.3 is 0 Å². The zero-order valence-electron chi connectivity index (χ0n) is 10.7. The molecule has 0 aliphatic carbocycles. The van der Waals surface area contributed by atoms with Gasteiger partial charge in [0.2, 0.25) is 0 Å². The molecule has 0 spiro atoms. The molecule has 0 radical (unpaired) electrons. The van der Waals surface area contributed by atoms with Crippen molar-refractivity contribution in [2.45, 2.75) is 19.4 Å². The summed E-state index contributed by atoms with van der Waals surface area (Å²) < 4.78 is 0. The first-order valence-electron chi connectivity index (χ1n) is 6.36. The molecule has 1 aliphatic heterocycles. The number of nitrogen functional groups attached to an aromatic ring is 1. The van der Waals surface area contributed by atoms with Crippen LogP contribution in [0.25, 0.3) is 0 Å². The summed E-state index contributed by atoms with van der Waals surface area (Å²) in [4.78, 5) is 6.57. The molecule has 19 heavy (non-hydrogen) atoms. The Morgan fingerprint density at radius 1 is 1.21 bits per heavy atom. The van der Waals surface area contributed by atoms with Gasteiger partial charge in [0.25, 0.3) is 0 Å². The lowest BCUT2D eigenvalue weighted by molar-refractivity contribution is 0.691. The molecule has 0 fully saturated rings. The molecule has 0 saturated carbocycles. The zero-order valence-corrected chi connectivity index (χ0v) is 11.6. The Morgan fingerprint density at radius 2 is 2.11 bits per heavy atom. The van der Waals surface area contributed by atoms with Crippen LogP contribution in [0.5, 0.6) is 0 Å². The van der Waals surface area contributed by atoms with Gasteiger partial charge in [-0.15, -0.1) is 12.4 Å². The number of benzene rings is 1.